The standard InChI is InChI=1S/C24H23O2S/c1-17-16-27(22-14-7-6-13-21(17)22)20-12-8-9-18(15-20)23(25)26-24(2,3)19-10-4-5-11-19/h4-10,12-16H,11H2,1-3H3/q+1. The lowest BCUT2D eigenvalue weighted by Gasteiger charge is -2.26. The van der Waals surface area contributed by atoms with Gasteiger partial charge in [-0.25, -0.2) is 4.79 Å². The van der Waals surface area contributed by atoms with Crippen molar-refractivity contribution in [3.05, 3.63) is 88.8 Å². The topological polar surface area (TPSA) is 26.3 Å². The number of hydrogen-bond donors (Lipinski definition) is 0. The lowest BCUT2D eigenvalue weighted by Crippen LogP contribution is -2.30. The lowest BCUT2D eigenvalue weighted by atomic mass is 9.97. The molecule has 0 bridgehead atoms. The molecule has 0 N–H and O–H groups in total. The molecule has 1 aliphatic carbocycles. The van der Waals surface area contributed by atoms with Crippen LogP contribution in [0.1, 0.15) is 36.2 Å². The van der Waals surface area contributed by atoms with Crippen molar-refractivity contribution in [3.63, 3.8) is 0 Å². The molecule has 0 saturated heterocycles. The number of fused-ring (bicyclic) bond motifs is 1. The van der Waals surface area contributed by atoms with Crippen LogP contribution in [0.2, 0.25) is 0 Å². The molecule has 1 aromatic heterocycles. The summed E-state index contributed by atoms with van der Waals surface area (Å²) in [6.45, 7) is 6.05. The molecule has 1 atom stereocenters. The first-order valence-corrected chi connectivity index (χ1v) is 10.4. The smallest absolute Gasteiger partial charge is 0.339 e. The molecule has 1 aliphatic rings. The first kappa shape index (κ1) is 17.7. The van der Waals surface area contributed by atoms with Gasteiger partial charge in [0, 0.05) is 27.5 Å². The van der Waals surface area contributed by atoms with Crippen LogP contribution in [0.4, 0.5) is 0 Å². The molecule has 2 aromatic carbocycles. The number of benzene rings is 2. The van der Waals surface area contributed by atoms with Gasteiger partial charge in [0.1, 0.15) is 11.0 Å². The van der Waals surface area contributed by atoms with Crippen molar-refractivity contribution in [2.45, 2.75) is 32.8 Å². The average molecular weight is 376 g/mol. The van der Waals surface area contributed by atoms with Crippen molar-refractivity contribution < 1.29 is 9.53 Å². The minimum atomic E-state index is -0.602. The van der Waals surface area contributed by atoms with Crippen LogP contribution in [0.25, 0.3) is 15.0 Å². The van der Waals surface area contributed by atoms with Gasteiger partial charge in [0.2, 0.25) is 0 Å². The number of allylic oxidation sites excluding steroid dienone is 3. The summed E-state index contributed by atoms with van der Waals surface area (Å²) in [6, 6.07) is 16.4. The van der Waals surface area contributed by atoms with Gasteiger partial charge in [-0.15, -0.1) is 0 Å². The Morgan fingerprint density at radius 3 is 2.70 bits per heavy atom. The van der Waals surface area contributed by atoms with Crippen molar-refractivity contribution >= 4 is 26.5 Å². The molecule has 0 aliphatic heterocycles. The quantitative estimate of drug-likeness (QED) is 0.374. The number of thiophene rings is 1. The maximum absolute atomic E-state index is 12.8. The average Bonchev–Trinajstić information content (AvgIpc) is 3.31. The van der Waals surface area contributed by atoms with Gasteiger partial charge in [-0.05, 0) is 57.0 Å². The second-order valence-electron chi connectivity index (χ2n) is 7.39. The fourth-order valence-corrected chi connectivity index (χ4v) is 5.66. The molecular weight excluding hydrogens is 352 g/mol. The first-order chi connectivity index (χ1) is 13.0. The first-order valence-electron chi connectivity index (χ1n) is 9.16. The number of esters is 1. The number of carbonyl (C=O) groups excluding carboxylic acids is 1. The zero-order valence-electron chi connectivity index (χ0n) is 15.9. The number of carbonyl (C=O) groups is 1. The molecule has 4 rings (SSSR count). The summed E-state index contributed by atoms with van der Waals surface area (Å²) in [6.07, 6.45) is 6.97. The minimum absolute atomic E-state index is 0.139. The number of hydrogen-bond acceptors (Lipinski definition) is 2. The molecule has 2 nitrogen and oxygen atoms in total. The zero-order valence-corrected chi connectivity index (χ0v) is 16.7. The van der Waals surface area contributed by atoms with Crippen molar-refractivity contribution in [2.24, 2.45) is 0 Å². The highest BCUT2D eigenvalue weighted by molar-refractivity contribution is 7.43. The van der Waals surface area contributed by atoms with E-state index in [1.165, 1.54) is 15.6 Å². The Hall–Kier alpha value is -2.65. The van der Waals surface area contributed by atoms with Crippen LogP contribution in [-0.2, 0) is 4.74 Å². The van der Waals surface area contributed by atoms with E-state index in [1.54, 1.807) is 0 Å². The van der Waals surface area contributed by atoms with E-state index in [2.05, 4.69) is 48.7 Å². The summed E-state index contributed by atoms with van der Waals surface area (Å²) in [5, 5.41) is 3.60. The molecule has 3 heteroatoms. The van der Waals surface area contributed by atoms with Crippen molar-refractivity contribution in [1.82, 2.24) is 0 Å². The number of rotatable bonds is 4. The lowest BCUT2D eigenvalue weighted by molar-refractivity contribution is 0.0129. The summed E-state index contributed by atoms with van der Waals surface area (Å²) < 4.78 is 7.18. The third-order valence-corrected chi connectivity index (χ3v) is 7.24. The molecule has 1 unspecified atom stereocenters. The van der Waals surface area contributed by atoms with Gasteiger partial charge in [-0.1, -0.05) is 36.4 Å². The fraction of sp³-hybridized carbons (Fsp3) is 0.208. The van der Waals surface area contributed by atoms with Crippen LogP contribution in [0.5, 0.6) is 0 Å². The Bertz CT molecular complexity index is 1080. The van der Waals surface area contributed by atoms with Gasteiger partial charge < -0.3 is 4.74 Å². The van der Waals surface area contributed by atoms with Crippen molar-refractivity contribution in [1.29, 1.82) is 0 Å². The second kappa shape index (κ2) is 6.82. The molecular formula is C24H23O2S+. The van der Waals surface area contributed by atoms with Crippen LogP contribution in [-0.4, -0.2) is 11.6 Å². The van der Waals surface area contributed by atoms with Gasteiger partial charge in [0.25, 0.3) is 0 Å². The molecule has 0 saturated carbocycles. The van der Waals surface area contributed by atoms with Crippen molar-refractivity contribution in [3.8, 4) is 4.90 Å². The Morgan fingerprint density at radius 1 is 1.11 bits per heavy atom. The van der Waals surface area contributed by atoms with Crippen LogP contribution in [0.15, 0.2) is 77.7 Å². The van der Waals surface area contributed by atoms with Gasteiger partial charge in [-0.3, -0.25) is 0 Å². The van der Waals surface area contributed by atoms with Crippen LogP contribution >= 0.6 is 10.5 Å². The molecule has 0 radical (unpaired) electrons. The molecule has 0 amide bonds. The maximum atomic E-state index is 12.8. The van der Waals surface area contributed by atoms with Gasteiger partial charge in [0.15, 0.2) is 9.60 Å². The van der Waals surface area contributed by atoms with E-state index in [0.29, 0.717) is 5.56 Å². The summed E-state index contributed by atoms with van der Waals surface area (Å²) in [5.74, 6) is -0.272. The second-order valence-corrected chi connectivity index (χ2v) is 9.21. The van der Waals surface area contributed by atoms with Crippen LogP contribution in [0.3, 0.4) is 0 Å². The van der Waals surface area contributed by atoms with Crippen LogP contribution < -0.4 is 0 Å². The minimum Gasteiger partial charge on any atom is -0.452 e. The largest absolute Gasteiger partial charge is 0.452 e. The van der Waals surface area contributed by atoms with E-state index >= 15 is 0 Å². The summed E-state index contributed by atoms with van der Waals surface area (Å²) >= 11 is 0. The molecule has 136 valence electrons. The Kier molecular flexibility index (Phi) is 4.48. The normalized spacial score (nSPS) is 14.5. The number of ether oxygens (including phenoxy) is 1. The third kappa shape index (κ3) is 3.35. The van der Waals surface area contributed by atoms with Crippen molar-refractivity contribution in [2.75, 3.05) is 0 Å². The predicted molar refractivity (Wildman–Crippen MR) is 114 cm³/mol. The summed E-state index contributed by atoms with van der Waals surface area (Å²) in [5.41, 5.74) is 2.42. The van der Waals surface area contributed by atoms with E-state index in [0.717, 1.165) is 16.9 Å². The van der Waals surface area contributed by atoms with E-state index in [9.17, 15) is 4.79 Å². The third-order valence-electron chi connectivity index (χ3n) is 5.06. The molecule has 1 heterocycles. The molecule has 27 heavy (non-hydrogen) atoms. The summed E-state index contributed by atoms with van der Waals surface area (Å²) in [4.78, 5) is 14.0. The SMILES string of the molecule is Cc1c[s+](-c2cccc(C(=O)OC(C)(C)C3=CC=CC3)c2)c2ccccc12. The molecule has 3 aromatic rings. The van der Waals surface area contributed by atoms with Crippen LogP contribution in [0, 0.1) is 6.92 Å². The predicted octanol–water partition coefficient (Wildman–Crippen LogP) is 6.71. The van der Waals surface area contributed by atoms with Gasteiger partial charge >= 0.3 is 5.97 Å². The highest BCUT2D eigenvalue weighted by Crippen LogP contribution is 2.42. The van der Waals surface area contributed by atoms with E-state index < -0.39 is 5.60 Å². The zero-order chi connectivity index (χ0) is 19.0. The fourth-order valence-electron chi connectivity index (χ4n) is 3.49. The Morgan fingerprint density at radius 2 is 1.93 bits per heavy atom. The number of aryl methyl sites for hydroxylation is 1. The summed E-state index contributed by atoms with van der Waals surface area (Å²) in [7, 11) is -0.139. The van der Waals surface area contributed by atoms with E-state index in [4.69, 9.17) is 4.74 Å². The Labute approximate surface area is 162 Å². The monoisotopic (exact) mass is 375 g/mol. The Balaban J connectivity index is 1.65. The highest BCUT2D eigenvalue weighted by atomic mass is 32.2. The van der Waals surface area contributed by atoms with E-state index in [-0.39, 0.29) is 16.4 Å². The van der Waals surface area contributed by atoms with E-state index in [1.807, 2.05) is 44.2 Å². The maximum Gasteiger partial charge on any atom is 0.339 e. The molecule has 0 spiro atoms. The molecule has 0 fully saturated rings. The van der Waals surface area contributed by atoms with Gasteiger partial charge in [-0.2, -0.15) is 0 Å². The highest BCUT2D eigenvalue weighted by Gasteiger charge is 2.29. The van der Waals surface area contributed by atoms with Gasteiger partial charge in [0.05, 0.1) is 5.56 Å².